The van der Waals surface area contributed by atoms with Crippen LogP contribution >= 0.6 is 0 Å². The van der Waals surface area contributed by atoms with E-state index in [1.54, 1.807) is 0 Å². The molecule has 0 aliphatic carbocycles. The van der Waals surface area contributed by atoms with Gasteiger partial charge in [-0.1, -0.05) is 20.8 Å². The molecule has 0 fully saturated rings. The molecule has 0 aliphatic heterocycles. The Morgan fingerprint density at radius 3 is 2.63 bits per heavy atom. The smallest absolute Gasteiger partial charge is 0.0625 e. The van der Waals surface area contributed by atoms with Gasteiger partial charge in [-0.25, -0.2) is 0 Å². The lowest BCUT2D eigenvalue weighted by Crippen LogP contribution is -2.30. The monoisotopic (exact) mass is 266 g/mol. The lowest BCUT2D eigenvalue weighted by molar-refractivity contribution is 0.228. The molecule has 0 saturated carbocycles. The zero-order chi connectivity index (χ0) is 14.3. The van der Waals surface area contributed by atoms with Gasteiger partial charge in [0.15, 0.2) is 0 Å². The van der Waals surface area contributed by atoms with Crippen LogP contribution in [0.25, 0.3) is 0 Å². The lowest BCUT2D eigenvalue weighted by atomic mass is 10.2. The Balaban J connectivity index is 2.73. The molecule has 0 amide bonds. The fourth-order valence-corrected chi connectivity index (χ4v) is 2.38. The highest BCUT2D eigenvalue weighted by atomic mass is 15.3. The highest BCUT2D eigenvalue weighted by Crippen LogP contribution is 2.11. The van der Waals surface area contributed by atoms with Crippen LogP contribution in [0.5, 0.6) is 0 Å². The van der Waals surface area contributed by atoms with E-state index in [0.29, 0.717) is 5.92 Å². The summed E-state index contributed by atoms with van der Waals surface area (Å²) in [7, 11) is 0. The first-order valence-corrected chi connectivity index (χ1v) is 7.58. The SMILES string of the molecule is CCc1cc(CN(CCCN)CC(C)C)n(CC)n1. The minimum atomic E-state index is 0.682. The summed E-state index contributed by atoms with van der Waals surface area (Å²) >= 11 is 0. The maximum Gasteiger partial charge on any atom is 0.0625 e. The first-order chi connectivity index (χ1) is 9.10. The van der Waals surface area contributed by atoms with Crippen LogP contribution in [0.1, 0.15) is 45.5 Å². The predicted octanol–water partition coefficient (Wildman–Crippen LogP) is 2.27. The normalized spacial score (nSPS) is 11.7. The third-order valence-corrected chi connectivity index (χ3v) is 3.26. The Kier molecular flexibility index (Phi) is 7.10. The zero-order valence-electron chi connectivity index (χ0n) is 13.0. The molecule has 1 rings (SSSR count). The van der Waals surface area contributed by atoms with Gasteiger partial charge in [0.2, 0.25) is 0 Å². The van der Waals surface area contributed by atoms with Crippen molar-refractivity contribution in [2.45, 2.75) is 53.6 Å². The van der Waals surface area contributed by atoms with Crippen LogP contribution in [-0.4, -0.2) is 34.3 Å². The highest BCUT2D eigenvalue weighted by Gasteiger charge is 2.12. The predicted molar refractivity (Wildman–Crippen MR) is 81.1 cm³/mol. The van der Waals surface area contributed by atoms with E-state index in [0.717, 1.165) is 45.6 Å². The average molecular weight is 266 g/mol. The molecule has 1 aromatic rings. The van der Waals surface area contributed by atoms with Gasteiger partial charge in [0.1, 0.15) is 0 Å². The van der Waals surface area contributed by atoms with E-state index in [2.05, 4.69) is 48.4 Å². The Morgan fingerprint density at radius 2 is 2.11 bits per heavy atom. The molecule has 0 bridgehead atoms. The molecule has 0 unspecified atom stereocenters. The number of aryl methyl sites for hydroxylation is 2. The van der Waals surface area contributed by atoms with Crippen molar-refractivity contribution in [3.8, 4) is 0 Å². The molecule has 110 valence electrons. The molecule has 2 N–H and O–H groups in total. The number of hydrogen-bond donors (Lipinski definition) is 1. The van der Waals surface area contributed by atoms with Crippen LogP contribution in [0.4, 0.5) is 0 Å². The minimum Gasteiger partial charge on any atom is -0.330 e. The third kappa shape index (κ3) is 5.33. The number of rotatable bonds is 9. The maximum atomic E-state index is 5.64. The van der Waals surface area contributed by atoms with Crippen LogP contribution < -0.4 is 5.73 Å². The van der Waals surface area contributed by atoms with E-state index < -0.39 is 0 Å². The number of hydrogen-bond acceptors (Lipinski definition) is 3. The van der Waals surface area contributed by atoms with E-state index in [1.807, 2.05) is 0 Å². The molecule has 0 aromatic carbocycles. The third-order valence-electron chi connectivity index (χ3n) is 3.26. The Labute approximate surface area is 118 Å². The van der Waals surface area contributed by atoms with Gasteiger partial charge in [0.05, 0.1) is 11.4 Å². The number of nitrogens with zero attached hydrogens (tertiary/aromatic N) is 3. The van der Waals surface area contributed by atoms with Crippen molar-refractivity contribution in [3.05, 3.63) is 17.5 Å². The van der Waals surface area contributed by atoms with Crippen LogP contribution in [0.15, 0.2) is 6.07 Å². The lowest BCUT2D eigenvalue weighted by Gasteiger charge is -2.24. The van der Waals surface area contributed by atoms with Crippen LogP contribution in [-0.2, 0) is 19.5 Å². The van der Waals surface area contributed by atoms with Crippen molar-refractivity contribution in [1.82, 2.24) is 14.7 Å². The van der Waals surface area contributed by atoms with E-state index in [1.165, 1.54) is 11.4 Å². The standard InChI is InChI=1S/C15H30N4/c1-5-14-10-15(19(6-2)17-14)12-18(9-7-8-16)11-13(3)4/h10,13H,5-9,11-12,16H2,1-4H3. The van der Waals surface area contributed by atoms with Crippen molar-refractivity contribution in [3.63, 3.8) is 0 Å². The molecule has 19 heavy (non-hydrogen) atoms. The molecule has 4 nitrogen and oxygen atoms in total. The molecule has 0 saturated heterocycles. The first kappa shape index (κ1) is 16.2. The quantitative estimate of drug-likeness (QED) is 0.746. The number of nitrogens with two attached hydrogens (primary N) is 1. The van der Waals surface area contributed by atoms with Crippen molar-refractivity contribution in [1.29, 1.82) is 0 Å². The van der Waals surface area contributed by atoms with Gasteiger partial charge < -0.3 is 5.73 Å². The summed E-state index contributed by atoms with van der Waals surface area (Å²) in [6.45, 7) is 13.7. The van der Waals surface area contributed by atoms with E-state index in [4.69, 9.17) is 5.73 Å². The summed E-state index contributed by atoms with van der Waals surface area (Å²) in [5.41, 5.74) is 8.16. The summed E-state index contributed by atoms with van der Waals surface area (Å²) in [4.78, 5) is 2.50. The zero-order valence-corrected chi connectivity index (χ0v) is 13.0. The fraction of sp³-hybridized carbons (Fsp3) is 0.800. The average Bonchev–Trinajstić information content (AvgIpc) is 2.77. The fourth-order valence-electron chi connectivity index (χ4n) is 2.38. The van der Waals surface area contributed by atoms with Gasteiger partial charge in [0.25, 0.3) is 0 Å². The second kappa shape index (κ2) is 8.33. The molecule has 0 atom stereocenters. The summed E-state index contributed by atoms with van der Waals surface area (Å²) < 4.78 is 2.13. The maximum absolute atomic E-state index is 5.64. The molecule has 0 radical (unpaired) electrons. The molecular formula is C15H30N4. The van der Waals surface area contributed by atoms with Gasteiger partial charge in [-0.05, 0) is 44.8 Å². The van der Waals surface area contributed by atoms with E-state index >= 15 is 0 Å². The van der Waals surface area contributed by atoms with Crippen molar-refractivity contribution < 1.29 is 0 Å². The Bertz CT molecular complexity index is 357. The molecule has 0 aliphatic rings. The van der Waals surface area contributed by atoms with Gasteiger partial charge in [0, 0.05) is 19.6 Å². The van der Waals surface area contributed by atoms with Gasteiger partial charge >= 0.3 is 0 Å². The minimum absolute atomic E-state index is 0.682. The highest BCUT2D eigenvalue weighted by molar-refractivity contribution is 5.10. The molecule has 0 spiro atoms. The molecule has 1 aromatic heterocycles. The Morgan fingerprint density at radius 1 is 1.37 bits per heavy atom. The van der Waals surface area contributed by atoms with Crippen LogP contribution in [0.2, 0.25) is 0 Å². The molecule has 4 heteroatoms. The Hall–Kier alpha value is -0.870. The van der Waals surface area contributed by atoms with E-state index in [-0.39, 0.29) is 0 Å². The van der Waals surface area contributed by atoms with Crippen LogP contribution in [0, 0.1) is 5.92 Å². The summed E-state index contributed by atoms with van der Waals surface area (Å²) in [6.07, 6.45) is 2.07. The van der Waals surface area contributed by atoms with Gasteiger partial charge in [-0.3, -0.25) is 9.58 Å². The summed E-state index contributed by atoms with van der Waals surface area (Å²) in [5.74, 6) is 0.682. The summed E-state index contributed by atoms with van der Waals surface area (Å²) in [5, 5.41) is 4.62. The van der Waals surface area contributed by atoms with E-state index in [9.17, 15) is 0 Å². The van der Waals surface area contributed by atoms with Crippen molar-refractivity contribution in [2.24, 2.45) is 11.7 Å². The van der Waals surface area contributed by atoms with Crippen molar-refractivity contribution in [2.75, 3.05) is 19.6 Å². The number of aromatic nitrogens is 2. The molecular weight excluding hydrogens is 236 g/mol. The first-order valence-electron chi connectivity index (χ1n) is 7.58. The second-order valence-electron chi connectivity index (χ2n) is 5.57. The largest absolute Gasteiger partial charge is 0.330 e. The summed E-state index contributed by atoms with van der Waals surface area (Å²) in [6, 6.07) is 2.25. The van der Waals surface area contributed by atoms with Crippen LogP contribution in [0.3, 0.4) is 0 Å². The van der Waals surface area contributed by atoms with Gasteiger partial charge in [-0.2, -0.15) is 5.10 Å². The topological polar surface area (TPSA) is 47.1 Å². The second-order valence-corrected chi connectivity index (χ2v) is 5.57. The van der Waals surface area contributed by atoms with Crippen molar-refractivity contribution >= 4 is 0 Å². The van der Waals surface area contributed by atoms with Gasteiger partial charge in [-0.15, -0.1) is 0 Å². The molecule has 1 heterocycles.